The van der Waals surface area contributed by atoms with Crippen LogP contribution in [0.4, 0.5) is 4.79 Å². The summed E-state index contributed by atoms with van der Waals surface area (Å²) in [6.45, 7) is 4.20. The molecule has 0 amide bonds. The molecular formula is C10H18O7. The van der Waals surface area contributed by atoms with Gasteiger partial charge in [-0.3, -0.25) is 4.79 Å². The van der Waals surface area contributed by atoms with E-state index in [1.54, 1.807) is 13.8 Å². The summed E-state index contributed by atoms with van der Waals surface area (Å²) in [6.07, 6.45) is -1.77. The summed E-state index contributed by atoms with van der Waals surface area (Å²) in [5.74, 6) is -0.378. The minimum atomic E-state index is -0.962. The van der Waals surface area contributed by atoms with Gasteiger partial charge < -0.3 is 24.1 Å². The van der Waals surface area contributed by atoms with Gasteiger partial charge in [0.1, 0.15) is 12.7 Å². The van der Waals surface area contributed by atoms with Gasteiger partial charge in [-0.1, -0.05) is 0 Å². The van der Waals surface area contributed by atoms with Gasteiger partial charge in [0.2, 0.25) is 0 Å². The van der Waals surface area contributed by atoms with Gasteiger partial charge in [0.15, 0.2) is 6.79 Å². The second kappa shape index (κ2) is 8.77. The molecule has 17 heavy (non-hydrogen) atoms. The van der Waals surface area contributed by atoms with E-state index in [1.165, 1.54) is 6.92 Å². The average molecular weight is 250 g/mol. The SMILES string of the molecule is CC(=O)OCC(C)OCC(C)OC(=O)OCO. The van der Waals surface area contributed by atoms with E-state index in [-0.39, 0.29) is 25.3 Å². The first-order valence-electron chi connectivity index (χ1n) is 5.15. The molecular weight excluding hydrogens is 232 g/mol. The summed E-state index contributed by atoms with van der Waals surface area (Å²) >= 11 is 0. The molecule has 0 aromatic carbocycles. The molecule has 7 nitrogen and oxygen atoms in total. The third kappa shape index (κ3) is 9.58. The zero-order valence-electron chi connectivity index (χ0n) is 10.2. The van der Waals surface area contributed by atoms with Crippen LogP contribution in [0.15, 0.2) is 0 Å². The summed E-state index contributed by atoms with van der Waals surface area (Å²) in [4.78, 5) is 21.3. The van der Waals surface area contributed by atoms with Crippen LogP contribution < -0.4 is 0 Å². The Balaban J connectivity index is 3.64. The predicted octanol–water partition coefficient (Wildman–Crippen LogP) is 0.446. The van der Waals surface area contributed by atoms with Gasteiger partial charge in [0.25, 0.3) is 0 Å². The number of rotatable bonds is 7. The Morgan fingerprint density at radius 3 is 2.29 bits per heavy atom. The normalized spacial score (nSPS) is 13.6. The van der Waals surface area contributed by atoms with Gasteiger partial charge in [-0.25, -0.2) is 4.79 Å². The molecule has 2 atom stereocenters. The zero-order chi connectivity index (χ0) is 13.3. The molecule has 0 aromatic heterocycles. The number of carbonyl (C=O) groups excluding carboxylic acids is 2. The Morgan fingerprint density at radius 1 is 1.12 bits per heavy atom. The summed E-state index contributed by atoms with van der Waals surface area (Å²) in [5, 5.41) is 8.29. The van der Waals surface area contributed by atoms with Crippen molar-refractivity contribution < 1.29 is 33.6 Å². The highest BCUT2D eigenvalue weighted by Gasteiger charge is 2.12. The fraction of sp³-hybridized carbons (Fsp3) is 0.800. The van der Waals surface area contributed by atoms with Crippen LogP contribution in [0.5, 0.6) is 0 Å². The van der Waals surface area contributed by atoms with Gasteiger partial charge in [-0.05, 0) is 13.8 Å². The molecule has 0 radical (unpaired) electrons. The van der Waals surface area contributed by atoms with E-state index < -0.39 is 19.1 Å². The molecule has 7 heteroatoms. The van der Waals surface area contributed by atoms with Crippen molar-refractivity contribution in [3.05, 3.63) is 0 Å². The molecule has 0 aromatic rings. The van der Waals surface area contributed by atoms with E-state index in [0.29, 0.717) is 0 Å². The van der Waals surface area contributed by atoms with Crippen LogP contribution in [0.25, 0.3) is 0 Å². The molecule has 0 heterocycles. The Morgan fingerprint density at radius 2 is 1.76 bits per heavy atom. The van der Waals surface area contributed by atoms with E-state index in [9.17, 15) is 9.59 Å². The highest BCUT2D eigenvalue weighted by molar-refractivity contribution is 5.65. The molecule has 0 spiro atoms. The summed E-state index contributed by atoms with van der Waals surface area (Å²) in [7, 11) is 0. The quantitative estimate of drug-likeness (QED) is 0.518. The largest absolute Gasteiger partial charge is 0.510 e. The lowest BCUT2D eigenvalue weighted by Crippen LogP contribution is -2.26. The topological polar surface area (TPSA) is 91.3 Å². The molecule has 2 unspecified atom stereocenters. The zero-order valence-corrected chi connectivity index (χ0v) is 10.2. The van der Waals surface area contributed by atoms with Crippen molar-refractivity contribution in [2.24, 2.45) is 0 Å². The maximum absolute atomic E-state index is 10.8. The molecule has 0 aliphatic rings. The van der Waals surface area contributed by atoms with Crippen LogP contribution in [-0.4, -0.2) is 49.4 Å². The Labute approximate surface area is 99.6 Å². The van der Waals surface area contributed by atoms with Gasteiger partial charge in [0.05, 0.1) is 12.7 Å². The first kappa shape index (κ1) is 15.7. The van der Waals surface area contributed by atoms with Crippen molar-refractivity contribution in [1.82, 2.24) is 0 Å². The third-order valence-electron chi connectivity index (χ3n) is 1.62. The number of esters is 1. The molecule has 0 rings (SSSR count). The van der Waals surface area contributed by atoms with Crippen molar-refractivity contribution in [2.45, 2.75) is 33.0 Å². The van der Waals surface area contributed by atoms with E-state index in [2.05, 4.69) is 4.74 Å². The fourth-order valence-corrected chi connectivity index (χ4v) is 0.868. The van der Waals surface area contributed by atoms with E-state index in [0.717, 1.165) is 0 Å². The van der Waals surface area contributed by atoms with E-state index in [1.807, 2.05) is 0 Å². The summed E-state index contributed by atoms with van der Waals surface area (Å²) in [6, 6.07) is 0. The highest BCUT2D eigenvalue weighted by Crippen LogP contribution is 1.99. The predicted molar refractivity (Wildman–Crippen MR) is 56.2 cm³/mol. The van der Waals surface area contributed by atoms with Crippen LogP contribution >= 0.6 is 0 Å². The van der Waals surface area contributed by atoms with Crippen molar-refractivity contribution in [2.75, 3.05) is 20.0 Å². The number of carbonyl (C=O) groups is 2. The maximum Gasteiger partial charge on any atom is 0.510 e. The number of aliphatic hydroxyl groups excluding tert-OH is 1. The monoisotopic (exact) mass is 250 g/mol. The lowest BCUT2D eigenvalue weighted by molar-refractivity contribution is -0.145. The second-order valence-electron chi connectivity index (χ2n) is 3.40. The number of hydrogen-bond acceptors (Lipinski definition) is 7. The van der Waals surface area contributed by atoms with Crippen molar-refractivity contribution in [1.29, 1.82) is 0 Å². The molecule has 0 aliphatic carbocycles. The molecule has 0 bridgehead atoms. The first-order valence-corrected chi connectivity index (χ1v) is 5.15. The van der Waals surface area contributed by atoms with Gasteiger partial charge in [-0.15, -0.1) is 0 Å². The van der Waals surface area contributed by atoms with Crippen LogP contribution in [0.1, 0.15) is 20.8 Å². The van der Waals surface area contributed by atoms with E-state index >= 15 is 0 Å². The summed E-state index contributed by atoms with van der Waals surface area (Å²) in [5.41, 5.74) is 0. The van der Waals surface area contributed by atoms with Crippen molar-refractivity contribution in [3.8, 4) is 0 Å². The van der Waals surface area contributed by atoms with Gasteiger partial charge in [0, 0.05) is 6.92 Å². The lowest BCUT2D eigenvalue weighted by atomic mass is 10.4. The average Bonchev–Trinajstić information content (AvgIpc) is 2.23. The minimum Gasteiger partial charge on any atom is -0.463 e. The van der Waals surface area contributed by atoms with Crippen molar-refractivity contribution >= 4 is 12.1 Å². The second-order valence-corrected chi connectivity index (χ2v) is 3.40. The summed E-state index contributed by atoms with van der Waals surface area (Å²) < 4.78 is 18.9. The smallest absolute Gasteiger partial charge is 0.463 e. The fourth-order valence-electron chi connectivity index (χ4n) is 0.868. The first-order chi connectivity index (χ1) is 7.95. The van der Waals surface area contributed by atoms with Crippen molar-refractivity contribution in [3.63, 3.8) is 0 Å². The van der Waals surface area contributed by atoms with Crippen LogP contribution in [-0.2, 0) is 23.7 Å². The van der Waals surface area contributed by atoms with Gasteiger partial charge in [-0.2, -0.15) is 0 Å². The molecule has 100 valence electrons. The molecule has 1 N–H and O–H groups in total. The maximum atomic E-state index is 10.8. The van der Waals surface area contributed by atoms with Gasteiger partial charge >= 0.3 is 12.1 Å². The Hall–Kier alpha value is -1.34. The lowest BCUT2D eigenvalue weighted by Gasteiger charge is -2.16. The van der Waals surface area contributed by atoms with Crippen LogP contribution in [0, 0.1) is 0 Å². The van der Waals surface area contributed by atoms with Crippen LogP contribution in [0.2, 0.25) is 0 Å². The number of aliphatic hydroxyl groups is 1. The number of hydrogen-bond donors (Lipinski definition) is 1. The minimum absolute atomic E-state index is 0.142. The molecule has 0 saturated carbocycles. The molecule has 0 saturated heterocycles. The molecule has 0 fully saturated rings. The molecule has 0 aliphatic heterocycles. The van der Waals surface area contributed by atoms with Crippen LogP contribution in [0.3, 0.4) is 0 Å². The van der Waals surface area contributed by atoms with E-state index in [4.69, 9.17) is 19.3 Å². The number of ether oxygens (including phenoxy) is 4. The standard InChI is InChI=1S/C10H18O7/c1-7(4-15-9(3)12)14-5-8(2)17-10(13)16-6-11/h7-8,11H,4-6H2,1-3H3. The Bertz CT molecular complexity index is 241. The Kier molecular flexibility index (Phi) is 8.08. The highest BCUT2D eigenvalue weighted by atomic mass is 16.8. The third-order valence-corrected chi connectivity index (χ3v) is 1.62.